The van der Waals surface area contributed by atoms with Crippen LogP contribution in [-0.2, 0) is 19.6 Å². The number of nitro benzene ring substituents is 1. The Labute approximate surface area is 160 Å². The van der Waals surface area contributed by atoms with Crippen molar-refractivity contribution in [3.8, 4) is 0 Å². The van der Waals surface area contributed by atoms with Crippen molar-refractivity contribution in [1.82, 2.24) is 4.31 Å². The highest BCUT2D eigenvalue weighted by atomic mass is 32.2. The number of anilines is 1. The average molecular weight is 407 g/mol. The lowest BCUT2D eigenvalue weighted by molar-refractivity contribution is -0.384. The molecule has 0 atom stereocenters. The highest BCUT2D eigenvalue weighted by molar-refractivity contribution is 7.89. The first-order valence-electron chi connectivity index (χ1n) is 7.85. The zero-order valence-electron chi connectivity index (χ0n) is 15.0. The molecule has 0 saturated carbocycles. The lowest BCUT2D eigenvalue weighted by Gasteiger charge is -2.12. The van der Waals surface area contributed by atoms with E-state index >= 15 is 0 Å². The van der Waals surface area contributed by atoms with Gasteiger partial charge in [0.2, 0.25) is 10.0 Å². The third kappa shape index (κ3) is 5.11. The molecule has 1 N–H and O–H groups in total. The number of non-ortho nitro benzene ring substituents is 1. The lowest BCUT2D eigenvalue weighted by atomic mass is 10.2. The van der Waals surface area contributed by atoms with E-state index < -0.39 is 33.4 Å². The number of ether oxygens (including phenoxy) is 1. The SMILES string of the molecule is CN(C)S(=O)(=O)c1cccc(NC(=O)COC(=O)c2cccc([N+](=O)[O-])c2)c1. The van der Waals surface area contributed by atoms with Crippen LogP contribution >= 0.6 is 0 Å². The van der Waals surface area contributed by atoms with Crippen LogP contribution in [0.3, 0.4) is 0 Å². The minimum Gasteiger partial charge on any atom is -0.452 e. The number of nitro groups is 1. The van der Waals surface area contributed by atoms with E-state index in [0.29, 0.717) is 0 Å². The largest absolute Gasteiger partial charge is 0.452 e. The number of nitrogens with one attached hydrogen (secondary N) is 1. The fraction of sp³-hybridized carbons (Fsp3) is 0.176. The molecule has 0 radical (unpaired) electrons. The van der Waals surface area contributed by atoms with Crippen molar-refractivity contribution >= 4 is 33.3 Å². The van der Waals surface area contributed by atoms with Crippen LogP contribution in [0.4, 0.5) is 11.4 Å². The van der Waals surface area contributed by atoms with Crippen LogP contribution in [-0.4, -0.2) is 50.2 Å². The first-order chi connectivity index (χ1) is 13.1. The molecule has 10 nitrogen and oxygen atoms in total. The van der Waals surface area contributed by atoms with Crippen LogP contribution < -0.4 is 5.32 Å². The molecular formula is C17H17N3O7S. The van der Waals surface area contributed by atoms with E-state index in [2.05, 4.69) is 5.32 Å². The van der Waals surface area contributed by atoms with Gasteiger partial charge in [0.25, 0.3) is 11.6 Å². The number of amides is 1. The second kappa shape index (κ2) is 8.59. The molecule has 28 heavy (non-hydrogen) atoms. The lowest BCUT2D eigenvalue weighted by Crippen LogP contribution is -2.23. The van der Waals surface area contributed by atoms with Crippen molar-refractivity contribution in [2.24, 2.45) is 0 Å². The summed E-state index contributed by atoms with van der Waals surface area (Å²) in [5, 5.41) is 13.2. The first kappa shape index (κ1) is 21.0. The van der Waals surface area contributed by atoms with Gasteiger partial charge < -0.3 is 10.1 Å². The van der Waals surface area contributed by atoms with E-state index in [4.69, 9.17) is 4.74 Å². The zero-order valence-corrected chi connectivity index (χ0v) is 15.8. The summed E-state index contributed by atoms with van der Waals surface area (Å²) >= 11 is 0. The van der Waals surface area contributed by atoms with Crippen molar-refractivity contribution in [2.45, 2.75) is 4.90 Å². The maximum Gasteiger partial charge on any atom is 0.338 e. The van der Waals surface area contributed by atoms with Crippen molar-refractivity contribution < 1.29 is 27.7 Å². The van der Waals surface area contributed by atoms with Gasteiger partial charge in [-0.2, -0.15) is 0 Å². The van der Waals surface area contributed by atoms with Crippen LogP contribution in [0.5, 0.6) is 0 Å². The molecule has 0 fully saturated rings. The van der Waals surface area contributed by atoms with Gasteiger partial charge in [0.05, 0.1) is 15.4 Å². The molecule has 0 aliphatic carbocycles. The molecule has 0 heterocycles. The summed E-state index contributed by atoms with van der Waals surface area (Å²) in [6, 6.07) is 10.5. The van der Waals surface area contributed by atoms with Gasteiger partial charge in [-0.25, -0.2) is 17.5 Å². The minimum absolute atomic E-state index is 0.0103. The topological polar surface area (TPSA) is 136 Å². The van der Waals surface area contributed by atoms with E-state index in [1.807, 2.05) is 0 Å². The zero-order chi connectivity index (χ0) is 20.9. The third-order valence-electron chi connectivity index (χ3n) is 3.52. The Morgan fingerprint density at radius 2 is 1.82 bits per heavy atom. The normalized spacial score (nSPS) is 11.1. The fourth-order valence-corrected chi connectivity index (χ4v) is 3.05. The average Bonchev–Trinajstić information content (AvgIpc) is 2.66. The molecule has 0 aliphatic rings. The Kier molecular flexibility index (Phi) is 6.44. The van der Waals surface area contributed by atoms with Crippen LogP contribution in [0.1, 0.15) is 10.4 Å². The first-order valence-corrected chi connectivity index (χ1v) is 9.29. The van der Waals surface area contributed by atoms with Crippen LogP contribution in [0.2, 0.25) is 0 Å². The Morgan fingerprint density at radius 1 is 1.14 bits per heavy atom. The number of esters is 1. The Balaban J connectivity index is 2.01. The molecule has 11 heteroatoms. The highest BCUT2D eigenvalue weighted by Gasteiger charge is 2.18. The molecular weight excluding hydrogens is 390 g/mol. The van der Waals surface area contributed by atoms with E-state index in [1.165, 1.54) is 56.6 Å². The number of sulfonamides is 1. The van der Waals surface area contributed by atoms with Crippen molar-refractivity contribution in [1.29, 1.82) is 0 Å². The van der Waals surface area contributed by atoms with Gasteiger partial charge in [0.15, 0.2) is 6.61 Å². The van der Waals surface area contributed by atoms with Crippen molar-refractivity contribution in [3.63, 3.8) is 0 Å². The molecule has 2 aromatic rings. The van der Waals surface area contributed by atoms with Gasteiger partial charge in [-0.1, -0.05) is 12.1 Å². The Bertz CT molecular complexity index is 1020. The number of benzene rings is 2. The quantitative estimate of drug-likeness (QED) is 0.418. The molecule has 0 aliphatic heterocycles. The van der Waals surface area contributed by atoms with Crippen LogP contribution in [0.25, 0.3) is 0 Å². The second-order valence-electron chi connectivity index (χ2n) is 5.75. The Hall–Kier alpha value is -3.31. The summed E-state index contributed by atoms with van der Waals surface area (Å²) in [6.07, 6.45) is 0. The molecule has 0 unspecified atom stereocenters. The van der Waals surface area contributed by atoms with Crippen LogP contribution in [0, 0.1) is 10.1 Å². The summed E-state index contributed by atoms with van der Waals surface area (Å²) in [4.78, 5) is 34.0. The maximum atomic E-state index is 12.1. The van der Waals surface area contributed by atoms with Gasteiger partial charge in [0, 0.05) is 31.9 Å². The summed E-state index contributed by atoms with van der Waals surface area (Å²) < 4.78 is 30.1. The molecule has 0 aromatic heterocycles. The number of carbonyl (C=O) groups is 2. The molecule has 2 aromatic carbocycles. The van der Waals surface area contributed by atoms with Gasteiger partial charge in [-0.15, -0.1) is 0 Å². The van der Waals surface area contributed by atoms with E-state index in [0.717, 1.165) is 10.4 Å². The standard InChI is InChI=1S/C17H17N3O7S/c1-19(2)28(25,26)15-8-4-6-13(10-15)18-16(21)11-27-17(22)12-5-3-7-14(9-12)20(23)24/h3-10H,11H2,1-2H3,(H,18,21). The van der Waals surface area contributed by atoms with Crippen LogP contribution in [0.15, 0.2) is 53.4 Å². The van der Waals surface area contributed by atoms with E-state index in [1.54, 1.807) is 0 Å². The second-order valence-corrected chi connectivity index (χ2v) is 7.90. The minimum atomic E-state index is -3.67. The van der Waals surface area contributed by atoms with Crippen molar-refractivity contribution in [2.75, 3.05) is 26.0 Å². The molecule has 0 spiro atoms. The Morgan fingerprint density at radius 3 is 2.46 bits per heavy atom. The predicted molar refractivity (Wildman–Crippen MR) is 99.3 cm³/mol. The number of hydrogen-bond donors (Lipinski definition) is 1. The molecule has 0 saturated heterocycles. The van der Waals surface area contributed by atoms with E-state index in [9.17, 15) is 28.1 Å². The van der Waals surface area contributed by atoms with Gasteiger partial charge in [-0.05, 0) is 24.3 Å². The third-order valence-corrected chi connectivity index (χ3v) is 5.33. The smallest absolute Gasteiger partial charge is 0.338 e. The number of nitrogens with zero attached hydrogens (tertiary/aromatic N) is 2. The number of hydrogen-bond acceptors (Lipinski definition) is 7. The molecule has 0 bridgehead atoms. The number of carbonyl (C=O) groups excluding carboxylic acids is 2. The van der Waals surface area contributed by atoms with Crippen molar-refractivity contribution in [3.05, 3.63) is 64.2 Å². The monoisotopic (exact) mass is 407 g/mol. The summed E-state index contributed by atoms with van der Waals surface area (Å²) in [5.74, 6) is -1.60. The number of rotatable bonds is 7. The molecule has 148 valence electrons. The summed E-state index contributed by atoms with van der Waals surface area (Å²) in [7, 11) is -0.901. The van der Waals surface area contributed by atoms with Gasteiger partial charge >= 0.3 is 5.97 Å². The summed E-state index contributed by atoms with van der Waals surface area (Å²) in [6.45, 7) is -0.647. The van der Waals surface area contributed by atoms with Gasteiger partial charge in [0.1, 0.15) is 0 Å². The van der Waals surface area contributed by atoms with E-state index in [-0.39, 0.29) is 21.8 Å². The summed E-state index contributed by atoms with van der Waals surface area (Å²) in [5.41, 5.74) is -0.141. The highest BCUT2D eigenvalue weighted by Crippen LogP contribution is 2.18. The maximum absolute atomic E-state index is 12.1. The predicted octanol–water partition coefficient (Wildman–Crippen LogP) is 1.64. The van der Waals surface area contributed by atoms with Gasteiger partial charge in [-0.3, -0.25) is 14.9 Å². The molecule has 1 amide bonds. The molecule has 2 rings (SSSR count). The fourth-order valence-electron chi connectivity index (χ4n) is 2.10.